The molecule has 0 spiro atoms. The Bertz CT molecular complexity index is 285. The van der Waals surface area contributed by atoms with E-state index in [0.29, 0.717) is 5.57 Å². The van der Waals surface area contributed by atoms with Gasteiger partial charge < -0.3 is 10.0 Å². The molecule has 0 aromatic heterocycles. The highest BCUT2D eigenvalue weighted by atomic mass is 16.4. The summed E-state index contributed by atoms with van der Waals surface area (Å²) in [6.07, 6.45) is 6.88. The maximum atomic E-state index is 10.5. The second kappa shape index (κ2) is 3.26. The molecule has 0 aromatic carbocycles. The van der Waals surface area contributed by atoms with Gasteiger partial charge in [0.2, 0.25) is 0 Å². The fourth-order valence-electron chi connectivity index (χ4n) is 0.973. The van der Waals surface area contributed by atoms with Gasteiger partial charge in [0.15, 0.2) is 0 Å². The number of carboxylic acids is 1. The van der Waals surface area contributed by atoms with Gasteiger partial charge in [-0.3, -0.25) is 0 Å². The van der Waals surface area contributed by atoms with E-state index in [9.17, 15) is 4.79 Å². The monoisotopic (exact) mass is 165 g/mol. The lowest BCUT2D eigenvalue weighted by atomic mass is 10.3. The molecule has 1 aliphatic carbocycles. The summed E-state index contributed by atoms with van der Waals surface area (Å²) in [5, 5.41) is 8.60. The van der Waals surface area contributed by atoms with Crippen LogP contribution in [0.3, 0.4) is 0 Å². The number of rotatable bonds is 2. The third kappa shape index (κ3) is 1.99. The van der Waals surface area contributed by atoms with Gasteiger partial charge in [0.25, 0.3) is 0 Å². The van der Waals surface area contributed by atoms with Crippen molar-refractivity contribution in [3.05, 3.63) is 35.6 Å². The van der Waals surface area contributed by atoms with Gasteiger partial charge in [-0.15, -0.1) is 0 Å². The summed E-state index contributed by atoms with van der Waals surface area (Å²) in [6, 6.07) is 0. The highest BCUT2D eigenvalue weighted by Gasteiger charge is 2.08. The van der Waals surface area contributed by atoms with E-state index in [1.54, 1.807) is 18.2 Å². The first-order valence-electron chi connectivity index (χ1n) is 3.61. The average Bonchev–Trinajstić information content (AvgIpc) is 2.34. The normalized spacial score (nSPS) is 18.2. The predicted molar refractivity (Wildman–Crippen MR) is 46.6 cm³/mol. The molecule has 0 saturated carbocycles. The number of nitrogens with zero attached hydrogens (tertiary/aromatic N) is 1. The lowest BCUT2D eigenvalue weighted by molar-refractivity contribution is -0.132. The zero-order chi connectivity index (χ0) is 9.14. The molecule has 64 valence electrons. The molecule has 1 rings (SSSR count). The molecule has 0 unspecified atom stereocenters. The van der Waals surface area contributed by atoms with Crippen molar-refractivity contribution < 1.29 is 9.90 Å². The molecule has 0 radical (unpaired) electrons. The van der Waals surface area contributed by atoms with Gasteiger partial charge in [0.05, 0.1) is 5.57 Å². The maximum Gasteiger partial charge on any atom is 0.335 e. The summed E-state index contributed by atoms with van der Waals surface area (Å²) < 4.78 is 0. The lowest BCUT2D eigenvalue weighted by Gasteiger charge is -2.03. The van der Waals surface area contributed by atoms with Crippen molar-refractivity contribution in [1.82, 2.24) is 4.90 Å². The molecule has 0 amide bonds. The van der Waals surface area contributed by atoms with Crippen LogP contribution in [-0.2, 0) is 4.79 Å². The number of hydrogen-bond acceptors (Lipinski definition) is 2. The summed E-state index contributed by atoms with van der Waals surface area (Å²) in [4.78, 5) is 12.3. The van der Waals surface area contributed by atoms with E-state index in [1.165, 1.54) is 0 Å². The summed E-state index contributed by atoms with van der Waals surface area (Å²) in [6.45, 7) is 0. The number of carboxylic acid groups (broad SMARTS) is 1. The predicted octanol–water partition coefficient (Wildman–Crippen LogP) is 1.01. The van der Waals surface area contributed by atoms with Crippen LogP contribution < -0.4 is 0 Å². The van der Waals surface area contributed by atoms with Gasteiger partial charge in [0, 0.05) is 20.3 Å². The van der Waals surface area contributed by atoms with Crippen molar-refractivity contribution >= 4 is 5.97 Å². The molecule has 0 heterocycles. The summed E-state index contributed by atoms with van der Waals surface area (Å²) in [5.41, 5.74) is 1.25. The third-order valence-corrected chi connectivity index (χ3v) is 1.43. The van der Waals surface area contributed by atoms with E-state index in [2.05, 4.69) is 0 Å². The van der Waals surface area contributed by atoms with Gasteiger partial charge >= 0.3 is 5.97 Å². The molecule has 0 atom stereocenters. The van der Waals surface area contributed by atoms with Crippen LogP contribution in [0.25, 0.3) is 0 Å². The van der Waals surface area contributed by atoms with Crippen molar-refractivity contribution in [1.29, 1.82) is 0 Å². The standard InChI is InChI=1S/C9H11NO2/c1-10(2)6-7-3-4-8(5-7)9(11)12/h3-6H,1-2H3,(H,11,12)/b7-6+. The Morgan fingerprint density at radius 3 is 2.58 bits per heavy atom. The van der Waals surface area contributed by atoms with Crippen molar-refractivity contribution in [3.63, 3.8) is 0 Å². The topological polar surface area (TPSA) is 40.5 Å². The van der Waals surface area contributed by atoms with E-state index in [-0.39, 0.29) is 0 Å². The SMILES string of the molecule is CN(C)/C=C1\C=CC(C(=O)O)=C1. The summed E-state index contributed by atoms with van der Waals surface area (Å²) >= 11 is 0. The van der Waals surface area contributed by atoms with Crippen molar-refractivity contribution in [2.45, 2.75) is 0 Å². The van der Waals surface area contributed by atoms with E-state index >= 15 is 0 Å². The van der Waals surface area contributed by atoms with Crippen LogP contribution in [0.5, 0.6) is 0 Å². The highest BCUT2D eigenvalue weighted by molar-refractivity contribution is 5.92. The third-order valence-electron chi connectivity index (χ3n) is 1.43. The fourth-order valence-corrected chi connectivity index (χ4v) is 0.973. The molecule has 3 heteroatoms. The Morgan fingerprint density at radius 1 is 1.50 bits per heavy atom. The Hall–Kier alpha value is -1.51. The van der Waals surface area contributed by atoms with Crippen LogP contribution in [0.15, 0.2) is 35.6 Å². The van der Waals surface area contributed by atoms with Crippen LogP contribution in [0.1, 0.15) is 0 Å². The number of hydrogen-bond donors (Lipinski definition) is 1. The second-order valence-corrected chi connectivity index (χ2v) is 2.83. The van der Waals surface area contributed by atoms with Gasteiger partial charge in [-0.1, -0.05) is 6.08 Å². The molecule has 3 nitrogen and oxygen atoms in total. The van der Waals surface area contributed by atoms with Crippen molar-refractivity contribution in [3.8, 4) is 0 Å². The van der Waals surface area contributed by atoms with E-state index in [4.69, 9.17) is 5.11 Å². The van der Waals surface area contributed by atoms with Crippen LogP contribution in [-0.4, -0.2) is 30.1 Å². The molecule has 12 heavy (non-hydrogen) atoms. The number of aliphatic carboxylic acids is 1. The van der Waals surface area contributed by atoms with Crippen molar-refractivity contribution in [2.24, 2.45) is 0 Å². The number of carbonyl (C=O) groups is 1. The van der Waals surface area contributed by atoms with Gasteiger partial charge in [-0.05, 0) is 17.7 Å². The smallest absolute Gasteiger partial charge is 0.335 e. The Kier molecular flexibility index (Phi) is 2.33. The van der Waals surface area contributed by atoms with E-state index < -0.39 is 5.97 Å². The van der Waals surface area contributed by atoms with Gasteiger partial charge in [0.1, 0.15) is 0 Å². The minimum Gasteiger partial charge on any atom is -0.478 e. The molecular weight excluding hydrogens is 154 g/mol. The molecule has 0 fully saturated rings. The first-order valence-corrected chi connectivity index (χ1v) is 3.61. The molecule has 0 aromatic rings. The van der Waals surface area contributed by atoms with Crippen LogP contribution in [0.4, 0.5) is 0 Å². The van der Waals surface area contributed by atoms with Gasteiger partial charge in [-0.2, -0.15) is 0 Å². The highest BCUT2D eigenvalue weighted by Crippen LogP contribution is 2.14. The first kappa shape index (κ1) is 8.59. The zero-order valence-corrected chi connectivity index (χ0v) is 7.11. The molecule has 0 aliphatic heterocycles. The second-order valence-electron chi connectivity index (χ2n) is 2.83. The average molecular weight is 165 g/mol. The minimum absolute atomic E-state index is 0.336. The molecular formula is C9H11NO2. The maximum absolute atomic E-state index is 10.5. The van der Waals surface area contributed by atoms with Crippen molar-refractivity contribution in [2.75, 3.05) is 14.1 Å². The van der Waals surface area contributed by atoms with Crippen LogP contribution in [0, 0.1) is 0 Å². The Morgan fingerprint density at radius 2 is 2.17 bits per heavy atom. The minimum atomic E-state index is -0.881. The largest absolute Gasteiger partial charge is 0.478 e. The number of allylic oxidation sites excluding steroid dienone is 3. The lowest BCUT2D eigenvalue weighted by Crippen LogP contribution is -2.01. The summed E-state index contributed by atoms with van der Waals surface area (Å²) in [5.74, 6) is -0.881. The zero-order valence-electron chi connectivity index (χ0n) is 7.11. The van der Waals surface area contributed by atoms with E-state index in [1.807, 2.05) is 25.2 Å². The van der Waals surface area contributed by atoms with E-state index in [0.717, 1.165) is 5.57 Å². The van der Waals surface area contributed by atoms with Crippen LogP contribution >= 0.6 is 0 Å². The quantitative estimate of drug-likeness (QED) is 0.664. The fraction of sp³-hybridized carbons (Fsp3) is 0.222. The Balaban J connectivity index is 2.79. The van der Waals surface area contributed by atoms with Gasteiger partial charge in [-0.25, -0.2) is 4.79 Å². The molecule has 1 N–H and O–H groups in total. The summed E-state index contributed by atoms with van der Waals surface area (Å²) in [7, 11) is 3.79. The molecule has 0 bridgehead atoms. The molecule has 0 saturated heterocycles. The Labute approximate surface area is 71.3 Å². The van der Waals surface area contributed by atoms with Crippen LogP contribution in [0.2, 0.25) is 0 Å². The first-order chi connectivity index (χ1) is 5.59. The molecule has 1 aliphatic rings.